The summed E-state index contributed by atoms with van der Waals surface area (Å²) in [7, 11) is 0. The van der Waals surface area contributed by atoms with Crippen molar-refractivity contribution in [2.75, 3.05) is 0 Å². The number of benzene rings is 1. The van der Waals surface area contributed by atoms with Crippen LogP contribution in [0.25, 0.3) is 0 Å². The molecule has 0 fully saturated rings. The Morgan fingerprint density at radius 2 is 1.93 bits per heavy atom. The van der Waals surface area contributed by atoms with E-state index in [1.165, 1.54) is 0 Å². The first-order valence-corrected chi connectivity index (χ1v) is 4.13. The third-order valence-electron chi connectivity index (χ3n) is 1.77. The Bertz CT molecular complexity index is 394. The molecule has 1 aromatic carbocycles. The van der Waals surface area contributed by atoms with E-state index in [4.69, 9.17) is 11.6 Å². The van der Waals surface area contributed by atoms with E-state index in [0.717, 1.165) is 13.0 Å². The van der Waals surface area contributed by atoms with Crippen LogP contribution in [-0.2, 0) is 6.18 Å². The molecule has 0 radical (unpaired) electrons. The van der Waals surface area contributed by atoms with Crippen molar-refractivity contribution in [1.82, 2.24) is 0 Å². The van der Waals surface area contributed by atoms with Gasteiger partial charge < -0.3 is 0 Å². The fraction of sp³-hybridized carbons (Fsp3) is 0.250. The Labute approximate surface area is 87.6 Å². The lowest BCUT2D eigenvalue weighted by atomic mass is 10.1. The maximum absolute atomic E-state index is 12.4. The lowest BCUT2D eigenvalue weighted by Gasteiger charge is -2.11. The van der Waals surface area contributed by atoms with E-state index in [9.17, 15) is 23.3 Å². The summed E-state index contributed by atoms with van der Waals surface area (Å²) in [5.74, 6) is 0. The van der Waals surface area contributed by atoms with Gasteiger partial charge >= 0.3 is 6.18 Å². The third-order valence-corrected chi connectivity index (χ3v) is 2.06. The van der Waals surface area contributed by atoms with Crippen molar-refractivity contribution < 1.29 is 18.1 Å². The second-order valence-corrected chi connectivity index (χ2v) is 3.28. The van der Waals surface area contributed by atoms with Crippen LogP contribution in [0.4, 0.5) is 18.9 Å². The zero-order valence-electron chi connectivity index (χ0n) is 7.43. The van der Waals surface area contributed by atoms with Crippen molar-refractivity contribution in [2.24, 2.45) is 0 Å². The Morgan fingerprint density at radius 3 is 2.27 bits per heavy atom. The van der Waals surface area contributed by atoms with Gasteiger partial charge in [0.2, 0.25) is 0 Å². The van der Waals surface area contributed by atoms with E-state index < -0.39 is 27.4 Å². The highest BCUT2D eigenvalue weighted by atomic mass is 35.5. The summed E-state index contributed by atoms with van der Waals surface area (Å²) in [6.45, 7) is 1.13. The van der Waals surface area contributed by atoms with Crippen molar-refractivity contribution in [1.29, 1.82) is 0 Å². The lowest BCUT2D eigenvalue weighted by molar-refractivity contribution is -0.384. The smallest absolute Gasteiger partial charge is 0.258 e. The van der Waals surface area contributed by atoms with Gasteiger partial charge in [-0.2, -0.15) is 13.2 Å². The maximum Gasteiger partial charge on any atom is 0.418 e. The summed E-state index contributed by atoms with van der Waals surface area (Å²) in [5.41, 5.74) is -1.75. The van der Waals surface area contributed by atoms with Gasteiger partial charge in [-0.05, 0) is 12.5 Å². The number of nitro benzene ring substituents is 1. The highest BCUT2D eigenvalue weighted by molar-refractivity contribution is 6.31. The van der Waals surface area contributed by atoms with Crippen LogP contribution in [0.2, 0.25) is 5.02 Å². The highest BCUT2D eigenvalue weighted by Crippen LogP contribution is 2.38. The van der Waals surface area contributed by atoms with E-state index in [1.54, 1.807) is 0 Å². The van der Waals surface area contributed by atoms with Crippen LogP contribution in [-0.4, -0.2) is 4.92 Å². The molecule has 15 heavy (non-hydrogen) atoms. The second kappa shape index (κ2) is 3.69. The van der Waals surface area contributed by atoms with E-state index in [0.29, 0.717) is 6.07 Å². The Hall–Kier alpha value is -1.30. The first-order chi connectivity index (χ1) is 6.73. The van der Waals surface area contributed by atoms with Gasteiger partial charge in [-0.3, -0.25) is 10.1 Å². The molecule has 0 spiro atoms. The second-order valence-electron chi connectivity index (χ2n) is 2.87. The number of aryl methyl sites for hydroxylation is 1. The number of nitro groups is 1. The number of non-ortho nitro benzene ring substituents is 1. The van der Waals surface area contributed by atoms with Gasteiger partial charge in [0.15, 0.2) is 0 Å². The predicted octanol–water partition coefficient (Wildman–Crippen LogP) is 3.58. The molecule has 0 N–H and O–H groups in total. The van der Waals surface area contributed by atoms with E-state index >= 15 is 0 Å². The topological polar surface area (TPSA) is 43.1 Å². The van der Waals surface area contributed by atoms with Crippen LogP contribution in [0.5, 0.6) is 0 Å². The highest BCUT2D eigenvalue weighted by Gasteiger charge is 2.36. The number of halogens is 4. The maximum atomic E-state index is 12.4. The van der Waals surface area contributed by atoms with E-state index in [2.05, 4.69) is 0 Å². The molecule has 1 aromatic rings. The Balaban J connectivity index is 3.41. The SMILES string of the molecule is Cc1cc([N+](=O)[O-])cc(Cl)c1C(F)(F)F. The summed E-state index contributed by atoms with van der Waals surface area (Å²) in [6, 6.07) is 1.53. The quantitative estimate of drug-likeness (QED) is 0.555. The van der Waals surface area contributed by atoms with Crippen LogP contribution in [0.1, 0.15) is 11.1 Å². The molecule has 0 aliphatic rings. The van der Waals surface area contributed by atoms with Gasteiger partial charge in [-0.1, -0.05) is 11.6 Å². The molecule has 0 saturated carbocycles. The summed E-state index contributed by atoms with van der Waals surface area (Å²) >= 11 is 5.34. The van der Waals surface area contributed by atoms with Gasteiger partial charge in [0.05, 0.1) is 15.5 Å². The average molecular weight is 240 g/mol. The number of hydrogen-bond acceptors (Lipinski definition) is 2. The molecule has 0 heterocycles. The van der Waals surface area contributed by atoms with Crippen LogP contribution in [0.3, 0.4) is 0 Å². The summed E-state index contributed by atoms with van der Waals surface area (Å²) in [6.07, 6.45) is -4.60. The molecule has 7 heteroatoms. The molecule has 0 bridgehead atoms. The standard InChI is InChI=1S/C8H5ClF3NO2/c1-4-2-5(13(14)15)3-6(9)7(4)8(10,11)12/h2-3H,1H3. The van der Waals surface area contributed by atoms with Gasteiger partial charge in [0.25, 0.3) is 5.69 Å². The molecule has 0 saturated heterocycles. The van der Waals surface area contributed by atoms with Crippen molar-refractivity contribution >= 4 is 17.3 Å². The summed E-state index contributed by atoms with van der Waals surface area (Å²) in [5, 5.41) is 9.67. The van der Waals surface area contributed by atoms with E-state index in [-0.39, 0.29) is 5.56 Å². The van der Waals surface area contributed by atoms with Crippen LogP contribution in [0, 0.1) is 17.0 Å². The fourth-order valence-corrected chi connectivity index (χ4v) is 1.56. The third kappa shape index (κ3) is 2.38. The van der Waals surface area contributed by atoms with Crippen LogP contribution < -0.4 is 0 Å². The monoisotopic (exact) mass is 239 g/mol. The van der Waals surface area contributed by atoms with Crippen molar-refractivity contribution in [2.45, 2.75) is 13.1 Å². The zero-order chi connectivity index (χ0) is 11.8. The zero-order valence-corrected chi connectivity index (χ0v) is 8.19. The average Bonchev–Trinajstić information content (AvgIpc) is 1.99. The molecule has 0 amide bonds. The fourth-order valence-electron chi connectivity index (χ4n) is 1.19. The summed E-state index contributed by atoms with van der Waals surface area (Å²) in [4.78, 5) is 9.54. The van der Waals surface area contributed by atoms with Gasteiger partial charge in [0, 0.05) is 12.1 Å². The molecule has 3 nitrogen and oxygen atoms in total. The molecular formula is C8H5ClF3NO2. The predicted molar refractivity (Wildman–Crippen MR) is 47.8 cm³/mol. The van der Waals surface area contributed by atoms with Gasteiger partial charge in [-0.15, -0.1) is 0 Å². The molecule has 0 aliphatic heterocycles. The lowest BCUT2D eigenvalue weighted by Crippen LogP contribution is -2.09. The minimum atomic E-state index is -4.60. The first-order valence-electron chi connectivity index (χ1n) is 3.75. The minimum absolute atomic E-state index is 0.262. The first kappa shape index (κ1) is 11.8. The largest absolute Gasteiger partial charge is 0.418 e. The number of nitrogens with zero attached hydrogens (tertiary/aromatic N) is 1. The van der Waals surface area contributed by atoms with Crippen molar-refractivity contribution in [3.8, 4) is 0 Å². The van der Waals surface area contributed by atoms with Gasteiger partial charge in [-0.25, -0.2) is 0 Å². The normalized spacial score (nSPS) is 11.5. The number of alkyl halides is 3. The molecule has 0 atom stereocenters. The van der Waals surface area contributed by atoms with Crippen LogP contribution in [0.15, 0.2) is 12.1 Å². The molecule has 1 rings (SSSR count). The summed E-state index contributed by atoms with van der Waals surface area (Å²) < 4.78 is 37.2. The molecular weight excluding hydrogens is 235 g/mol. The minimum Gasteiger partial charge on any atom is -0.258 e. The Kier molecular flexibility index (Phi) is 2.90. The van der Waals surface area contributed by atoms with E-state index in [1.807, 2.05) is 0 Å². The van der Waals surface area contributed by atoms with Gasteiger partial charge in [0.1, 0.15) is 0 Å². The Morgan fingerprint density at radius 1 is 1.40 bits per heavy atom. The number of hydrogen-bond donors (Lipinski definition) is 0. The molecule has 82 valence electrons. The molecule has 0 aliphatic carbocycles. The number of rotatable bonds is 1. The van der Waals surface area contributed by atoms with Crippen molar-refractivity contribution in [3.05, 3.63) is 38.4 Å². The molecule has 0 unspecified atom stereocenters. The van der Waals surface area contributed by atoms with Crippen molar-refractivity contribution in [3.63, 3.8) is 0 Å². The molecule has 0 aromatic heterocycles. The van der Waals surface area contributed by atoms with Crippen LogP contribution >= 0.6 is 11.6 Å².